The summed E-state index contributed by atoms with van der Waals surface area (Å²) in [6.07, 6.45) is 10.9. The molecule has 84 valence electrons. The van der Waals surface area contributed by atoms with Gasteiger partial charge in [0.25, 0.3) is 0 Å². The van der Waals surface area contributed by atoms with Crippen LogP contribution < -0.4 is 0 Å². The molecule has 0 bridgehead atoms. The maximum Gasteiger partial charge on any atom is 0.0596 e. The van der Waals surface area contributed by atoms with Gasteiger partial charge in [-0.1, -0.05) is 32.1 Å². The molecule has 15 heavy (non-hydrogen) atoms. The molecule has 0 spiro atoms. The first-order chi connectivity index (χ1) is 7.36. The third kappa shape index (κ3) is 3.08. The third-order valence-corrected chi connectivity index (χ3v) is 3.29. The van der Waals surface area contributed by atoms with E-state index in [1.165, 1.54) is 62.8 Å². The number of rotatable bonds is 0. The van der Waals surface area contributed by atoms with Gasteiger partial charge in [-0.15, -0.1) is 0 Å². The molecule has 2 nitrogen and oxygen atoms in total. The van der Waals surface area contributed by atoms with E-state index in [4.69, 9.17) is 0 Å². The average Bonchev–Trinajstić information content (AvgIpc) is 2.54. The summed E-state index contributed by atoms with van der Waals surface area (Å²) in [5, 5.41) is 4.57. The Hall–Kier alpha value is -0.790. The zero-order valence-corrected chi connectivity index (χ0v) is 9.84. The molecule has 0 saturated carbocycles. The van der Waals surface area contributed by atoms with E-state index in [1.54, 1.807) is 0 Å². The molecular weight excluding hydrogens is 184 g/mol. The predicted octanol–water partition coefficient (Wildman–Crippen LogP) is 3.48. The lowest BCUT2D eigenvalue weighted by Crippen LogP contribution is -2.05. The van der Waals surface area contributed by atoms with Crippen LogP contribution in [0.3, 0.4) is 0 Å². The number of aromatic nitrogens is 2. The second kappa shape index (κ2) is 5.34. The van der Waals surface area contributed by atoms with Gasteiger partial charge in [-0.05, 0) is 32.3 Å². The topological polar surface area (TPSA) is 17.8 Å². The Balaban J connectivity index is 2.04. The highest BCUT2D eigenvalue weighted by Gasteiger charge is 2.06. The fourth-order valence-corrected chi connectivity index (χ4v) is 2.45. The fourth-order valence-electron chi connectivity index (χ4n) is 2.45. The number of nitrogens with zero attached hydrogens (tertiary/aromatic N) is 2. The van der Waals surface area contributed by atoms with Gasteiger partial charge in [-0.2, -0.15) is 5.10 Å². The van der Waals surface area contributed by atoms with E-state index < -0.39 is 0 Å². The summed E-state index contributed by atoms with van der Waals surface area (Å²) < 4.78 is 2.24. The van der Waals surface area contributed by atoms with Gasteiger partial charge in [0.1, 0.15) is 0 Å². The smallest absolute Gasteiger partial charge is 0.0596 e. The van der Waals surface area contributed by atoms with E-state index in [2.05, 4.69) is 22.8 Å². The predicted molar refractivity (Wildman–Crippen MR) is 63.0 cm³/mol. The van der Waals surface area contributed by atoms with E-state index in [0.29, 0.717) is 0 Å². The number of aryl methyl sites for hydroxylation is 3. The molecule has 1 aromatic heterocycles. The van der Waals surface area contributed by atoms with Crippen LogP contribution in [0.5, 0.6) is 0 Å². The zero-order valence-electron chi connectivity index (χ0n) is 9.84. The third-order valence-electron chi connectivity index (χ3n) is 3.29. The van der Waals surface area contributed by atoms with Crippen LogP contribution >= 0.6 is 0 Å². The number of hydrogen-bond donors (Lipinski definition) is 0. The molecule has 0 N–H and O–H groups in total. The van der Waals surface area contributed by atoms with Gasteiger partial charge < -0.3 is 0 Å². The largest absolute Gasteiger partial charge is 0.269 e. The van der Waals surface area contributed by atoms with Gasteiger partial charge in [-0.25, -0.2) is 0 Å². The second-order valence-electron chi connectivity index (χ2n) is 4.73. The van der Waals surface area contributed by atoms with E-state index in [1.807, 2.05) is 0 Å². The molecule has 1 aromatic rings. The molecule has 1 aliphatic heterocycles. The number of fused-ring (bicyclic) bond motifs is 1. The Bertz CT molecular complexity index is 274. The van der Waals surface area contributed by atoms with Crippen LogP contribution in [-0.2, 0) is 13.0 Å². The van der Waals surface area contributed by atoms with E-state index in [9.17, 15) is 0 Å². The zero-order chi connectivity index (χ0) is 10.5. The lowest BCUT2D eigenvalue weighted by molar-refractivity contribution is 0.522. The van der Waals surface area contributed by atoms with Gasteiger partial charge in [0.05, 0.1) is 5.69 Å². The molecule has 0 saturated heterocycles. The molecule has 0 radical (unpaired) electrons. The minimum atomic E-state index is 1.13. The maximum atomic E-state index is 4.57. The first kappa shape index (κ1) is 10.7. The molecule has 0 aromatic carbocycles. The summed E-state index contributed by atoms with van der Waals surface area (Å²) in [5.74, 6) is 0. The summed E-state index contributed by atoms with van der Waals surface area (Å²) in [6.45, 7) is 3.23. The monoisotopic (exact) mass is 206 g/mol. The highest BCUT2D eigenvalue weighted by Crippen LogP contribution is 2.15. The van der Waals surface area contributed by atoms with Crippen molar-refractivity contribution in [2.75, 3.05) is 0 Å². The molecule has 2 heteroatoms. The Kier molecular flexibility index (Phi) is 3.81. The van der Waals surface area contributed by atoms with Gasteiger partial charge in [-0.3, -0.25) is 4.68 Å². The van der Waals surface area contributed by atoms with Crippen molar-refractivity contribution in [1.82, 2.24) is 9.78 Å². The standard InChI is InChI=1S/C13H22N2/c1-12-11-13-9-7-5-3-2-4-6-8-10-15(13)14-12/h11H,2-10H2,1H3. The minimum Gasteiger partial charge on any atom is -0.269 e. The van der Waals surface area contributed by atoms with Crippen molar-refractivity contribution in [3.05, 3.63) is 17.5 Å². The summed E-state index contributed by atoms with van der Waals surface area (Å²) in [4.78, 5) is 0. The van der Waals surface area contributed by atoms with Crippen molar-refractivity contribution < 1.29 is 0 Å². The van der Waals surface area contributed by atoms with Crippen LogP contribution in [0.25, 0.3) is 0 Å². The Morgan fingerprint density at radius 1 is 1.00 bits per heavy atom. The fraction of sp³-hybridized carbons (Fsp3) is 0.769. The molecule has 2 heterocycles. The number of hydrogen-bond acceptors (Lipinski definition) is 1. The van der Waals surface area contributed by atoms with E-state index in [0.717, 1.165) is 6.54 Å². The van der Waals surface area contributed by atoms with Crippen molar-refractivity contribution in [2.45, 2.75) is 64.8 Å². The minimum absolute atomic E-state index is 1.13. The summed E-state index contributed by atoms with van der Waals surface area (Å²) in [7, 11) is 0. The molecular formula is C13H22N2. The van der Waals surface area contributed by atoms with Crippen molar-refractivity contribution in [2.24, 2.45) is 0 Å². The average molecular weight is 206 g/mol. The quantitative estimate of drug-likeness (QED) is 0.635. The van der Waals surface area contributed by atoms with Gasteiger partial charge in [0.15, 0.2) is 0 Å². The molecule has 0 unspecified atom stereocenters. The molecule has 0 fully saturated rings. The van der Waals surface area contributed by atoms with Crippen molar-refractivity contribution >= 4 is 0 Å². The van der Waals surface area contributed by atoms with Gasteiger partial charge in [0.2, 0.25) is 0 Å². The normalized spacial score (nSPS) is 19.3. The highest BCUT2D eigenvalue weighted by atomic mass is 15.3. The molecule has 0 atom stereocenters. The van der Waals surface area contributed by atoms with Crippen LogP contribution in [0.4, 0.5) is 0 Å². The van der Waals surface area contributed by atoms with Crippen molar-refractivity contribution in [3.63, 3.8) is 0 Å². The summed E-state index contributed by atoms with van der Waals surface area (Å²) in [5.41, 5.74) is 2.64. The molecule has 1 aliphatic rings. The molecule has 2 rings (SSSR count). The second-order valence-corrected chi connectivity index (χ2v) is 4.73. The summed E-state index contributed by atoms with van der Waals surface area (Å²) >= 11 is 0. The SMILES string of the molecule is Cc1cc2n(n1)CCCCCCCCC2. The first-order valence-electron chi connectivity index (χ1n) is 6.39. The highest BCUT2D eigenvalue weighted by molar-refractivity contribution is 5.09. The molecule has 0 aliphatic carbocycles. The van der Waals surface area contributed by atoms with Crippen LogP contribution in [0.2, 0.25) is 0 Å². The first-order valence-corrected chi connectivity index (χ1v) is 6.39. The van der Waals surface area contributed by atoms with Crippen molar-refractivity contribution in [3.8, 4) is 0 Å². The van der Waals surface area contributed by atoms with Gasteiger partial charge in [0, 0.05) is 12.2 Å². The Morgan fingerprint density at radius 2 is 1.67 bits per heavy atom. The maximum absolute atomic E-state index is 4.57. The van der Waals surface area contributed by atoms with Crippen LogP contribution in [0.15, 0.2) is 6.07 Å². The van der Waals surface area contributed by atoms with Gasteiger partial charge >= 0.3 is 0 Å². The summed E-state index contributed by atoms with van der Waals surface area (Å²) in [6, 6.07) is 2.26. The Morgan fingerprint density at radius 3 is 2.47 bits per heavy atom. The lowest BCUT2D eigenvalue weighted by Gasteiger charge is -2.05. The Labute approximate surface area is 92.7 Å². The molecule has 0 amide bonds. The van der Waals surface area contributed by atoms with Crippen molar-refractivity contribution in [1.29, 1.82) is 0 Å². The van der Waals surface area contributed by atoms with Crippen LogP contribution in [0.1, 0.15) is 56.3 Å². The van der Waals surface area contributed by atoms with Crippen LogP contribution in [0, 0.1) is 6.92 Å². The van der Waals surface area contributed by atoms with E-state index >= 15 is 0 Å². The van der Waals surface area contributed by atoms with Crippen LogP contribution in [-0.4, -0.2) is 9.78 Å². The van der Waals surface area contributed by atoms with E-state index in [-0.39, 0.29) is 0 Å². The lowest BCUT2D eigenvalue weighted by atomic mass is 10.1.